The zero-order valence-electron chi connectivity index (χ0n) is 17.9. The van der Waals surface area contributed by atoms with Crippen molar-refractivity contribution in [1.29, 1.82) is 0 Å². The maximum atomic E-state index is 12.4. The summed E-state index contributed by atoms with van der Waals surface area (Å²) in [6, 6.07) is 15.6. The number of nitrogens with zero attached hydrogens (tertiary/aromatic N) is 3. The van der Waals surface area contributed by atoms with Gasteiger partial charge in [-0.2, -0.15) is 0 Å². The van der Waals surface area contributed by atoms with Crippen LogP contribution in [0.25, 0.3) is 11.8 Å². The zero-order chi connectivity index (χ0) is 22.3. The number of ether oxygens (including phenoxy) is 1. The van der Waals surface area contributed by atoms with Gasteiger partial charge >= 0.3 is 0 Å². The molecule has 1 amide bonds. The summed E-state index contributed by atoms with van der Waals surface area (Å²) in [4.78, 5) is 20.9. The molecular formula is C25H24N4O2S. The summed E-state index contributed by atoms with van der Waals surface area (Å²) in [5.41, 5.74) is 3.87. The van der Waals surface area contributed by atoms with E-state index >= 15 is 0 Å². The Balaban J connectivity index is 1.31. The first kappa shape index (κ1) is 21.5. The van der Waals surface area contributed by atoms with E-state index in [1.165, 1.54) is 0 Å². The molecule has 162 valence electrons. The maximum Gasteiger partial charge on any atom is 0.244 e. The topological polar surface area (TPSA) is 69.0 Å². The van der Waals surface area contributed by atoms with Crippen LogP contribution < -0.4 is 10.1 Å². The number of aryl methyl sites for hydroxylation is 1. The van der Waals surface area contributed by atoms with Crippen molar-refractivity contribution in [2.45, 2.75) is 26.5 Å². The van der Waals surface area contributed by atoms with Gasteiger partial charge in [0.1, 0.15) is 12.4 Å². The normalized spacial score (nSPS) is 12.1. The Morgan fingerprint density at radius 2 is 2.09 bits per heavy atom. The predicted octanol–water partition coefficient (Wildman–Crippen LogP) is 5.11. The number of thiazole rings is 1. The molecule has 0 saturated heterocycles. The highest BCUT2D eigenvalue weighted by Crippen LogP contribution is 2.18. The smallest absolute Gasteiger partial charge is 0.244 e. The first-order chi connectivity index (χ1) is 15.6. The Bertz CT molecular complexity index is 1200. The molecule has 6 nitrogen and oxygen atoms in total. The molecule has 4 aromatic rings. The SMILES string of the molecule is Cc1nc(COc2cccc(C=CC(=O)NC(C)c3ccc(-n4ccnc4)cc3)c2)cs1. The van der Waals surface area contributed by atoms with Crippen LogP contribution in [0.15, 0.2) is 78.7 Å². The molecule has 32 heavy (non-hydrogen) atoms. The minimum atomic E-state index is -0.152. The fraction of sp³-hybridized carbons (Fsp3) is 0.160. The van der Waals surface area contributed by atoms with Crippen molar-refractivity contribution in [1.82, 2.24) is 19.9 Å². The number of hydrogen-bond acceptors (Lipinski definition) is 5. The molecule has 0 aliphatic carbocycles. The Morgan fingerprint density at radius 1 is 1.25 bits per heavy atom. The predicted molar refractivity (Wildman–Crippen MR) is 127 cm³/mol. The highest BCUT2D eigenvalue weighted by atomic mass is 32.1. The molecule has 0 aliphatic heterocycles. The van der Waals surface area contributed by atoms with Crippen molar-refractivity contribution in [3.63, 3.8) is 0 Å². The summed E-state index contributed by atoms with van der Waals surface area (Å²) in [6.07, 6.45) is 8.71. The lowest BCUT2D eigenvalue weighted by Crippen LogP contribution is -2.24. The third kappa shape index (κ3) is 5.70. The lowest BCUT2D eigenvalue weighted by Gasteiger charge is -2.14. The van der Waals surface area contributed by atoms with Crippen molar-refractivity contribution in [3.8, 4) is 11.4 Å². The number of nitrogens with one attached hydrogen (secondary N) is 1. The van der Waals surface area contributed by atoms with Crippen LogP contribution in [-0.4, -0.2) is 20.4 Å². The summed E-state index contributed by atoms with van der Waals surface area (Å²) < 4.78 is 7.75. The summed E-state index contributed by atoms with van der Waals surface area (Å²) in [5.74, 6) is 0.588. The van der Waals surface area contributed by atoms with Crippen molar-refractivity contribution < 1.29 is 9.53 Å². The number of amides is 1. The highest BCUT2D eigenvalue weighted by Gasteiger charge is 2.08. The average molecular weight is 445 g/mol. The van der Waals surface area contributed by atoms with Crippen LogP contribution >= 0.6 is 11.3 Å². The molecule has 7 heteroatoms. The molecule has 0 fully saturated rings. The Labute approximate surface area is 191 Å². The van der Waals surface area contributed by atoms with E-state index in [0.29, 0.717) is 6.61 Å². The molecule has 0 radical (unpaired) electrons. The van der Waals surface area contributed by atoms with Crippen LogP contribution in [0, 0.1) is 6.92 Å². The van der Waals surface area contributed by atoms with Gasteiger partial charge in [0, 0.05) is 29.5 Å². The van der Waals surface area contributed by atoms with Crippen LogP contribution in [0.1, 0.15) is 34.8 Å². The second-order valence-corrected chi connectivity index (χ2v) is 8.41. The molecular weight excluding hydrogens is 420 g/mol. The Hall–Kier alpha value is -3.71. The van der Waals surface area contributed by atoms with E-state index in [-0.39, 0.29) is 11.9 Å². The number of rotatable bonds is 8. The first-order valence-electron chi connectivity index (χ1n) is 10.3. The van der Waals surface area contributed by atoms with Crippen molar-refractivity contribution in [3.05, 3.63) is 101 Å². The second kappa shape index (κ2) is 10.1. The number of imidazole rings is 1. The molecule has 0 saturated carbocycles. The van der Waals surface area contributed by atoms with Crippen LogP contribution in [-0.2, 0) is 11.4 Å². The first-order valence-corrected chi connectivity index (χ1v) is 11.2. The van der Waals surface area contributed by atoms with Crippen LogP contribution in [0.4, 0.5) is 0 Å². The van der Waals surface area contributed by atoms with Crippen molar-refractivity contribution in [2.24, 2.45) is 0 Å². The van der Waals surface area contributed by atoms with Gasteiger partial charge in [-0.3, -0.25) is 4.79 Å². The number of carbonyl (C=O) groups is 1. The van der Waals surface area contributed by atoms with Gasteiger partial charge in [-0.25, -0.2) is 9.97 Å². The van der Waals surface area contributed by atoms with Gasteiger partial charge in [0.15, 0.2) is 0 Å². The molecule has 2 aromatic heterocycles. The van der Waals surface area contributed by atoms with Gasteiger partial charge in [-0.1, -0.05) is 24.3 Å². The number of benzene rings is 2. The number of carbonyl (C=O) groups excluding carboxylic acids is 1. The molecule has 0 aliphatic rings. The van der Waals surface area contributed by atoms with Crippen molar-refractivity contribution in [2.75, 3.05) is 0 Å². The summed E-state index contributed by atoms with van der Waals surface area (Å²) in [5, 5.41) is 6.02. The Morgan fingerprint density at radius 3 is 2.81 bits per heavy atom. The van der Waals surface area contributed by atoms with Gasteiger partial charge in [-0.05, 0) is 55.3 Å². The molecule has 2 heterocycles. The standard InChI is InChI=1S/C25H24N4O2S/c1-18(21-7-9-23(10-8-21)29-13-12-26-17-29)27-25(30)11-6-20-4-3-5-24(14-20)31-15-22-16-32-19(2)28-22/h3-14,16-18H,15H2,1-2H3,(H,27,30). The third-order valence-electron chi connectivity index (χ3n) is 4.89. The van der Waals surface area contributed by atoms with Gasteiger partial charge in [0.05, 0.1) is 23.1 Å². The molecule has 2 aromatic carbocycles. The minimum absolute atomic E-state index is 0.111. The maximum absolute atomic E-state index is 12.4. The van der Waals surface area contributed by atoms with E-state index in [1.54, 1.807) is 36.0 Å². The summed E-state index contributed by atoms with van der Waals surface area (Å²) in [7, 11) is 0. The molecule has 1 unspecified atom stereocenters. The van der Waals surface area contributed by atoms with E-state index in [9.17, 15) is 4.79 Å². The highest BCUT2D eigenvalue weighted by molar-refractivity contribution is 7.09. The quantitative estimate of drug-likeness (QED) is 0.384. The fourth-order valence-electron chi connectivity index (χ4n) is 3.20. The van der Waals surface area contributed by atoms with Crippen molar-refractivity contribution >= 4 is 23.3 Å². The molecule has 0 spiro atoms. The van der Waals surface area contributed by atoms with Gasteiger partial charge in [0.2, 0.25) is 5.91 Å². The number of aromatic nitrogens is 3. The number of hydrogen-bond donors (Lipinski definition) is 1. The largest absolute Gasteiger partial charge is 0.487 e. The van der Waals surface area contributed by atoms with E-state index < -0.39 is 0 Å². The summed E-state index contributed by atoms with van der Waals surface area (Å²) in [6.45, 7) is 4.36. The summed E-state index contributed by atoms with van der Waals surface area (Å²) >= 11 is 1.61. The lowest BCUT2D eigenvalue weighted by atomic mass is 10.1. The van der Waals surface area contributed by atoms with Gasteiger partial charge in [-0.15, -0.1) is 11.3 Å². The average Bonchev–Trinajstić information content (AvgIpc) is 3.49. The van der Waals surface area contributed by atoms with E-state index in [2.05, 4.69) is 15.3 Å². The van der Waals surface area contributed by atoms with Crippen LogP contribution in [0.3, 0.4) is 0 Å². The molecule has 1 N–H and O–H groups in total. The fourth-order valence-corrected chi connectivity index (χ4v) is 3.80. The van der Waals surface area contributed by atoms with E-state index in [4.69, 9.17) is 4.74 Å². The lowest BCUT2D eigenvalue weighted by molar-refractivity contribution is -0.117. The van der Waals surface area contributed by atoms with Gasteiger partial charge in [0.25, 0.3) is 0 Å². The molecule has 4 rings (SSSR count). The minimum Gasteiger partial charge on any atom is -0.487 e. The molecule has 0 bridgehead atoms. The van der Waals surface area contributed by atoms with Crippen LogP contribution in [0.2, 0.25) is 0 Å². The van der Waals surface area contributed by atoms with Crippen LogP contribution in [0.5, 0.6) is 5.75 Å². The Kier molecular flexibility index (Phi) is 6.77. The third-order valence-corrected chi connectivity index (χ3v) is 5.72. The van der Waals surface area contributed by atoms with E-state index in [0.717, 1.165) is 33.3 Å². The van der Waals surface area contributed by atoms with Gasteiger partial charge < -0.3 is 14.6 Å². The second-order valence-electron chi connectivity index (χ2n) is 7.34. The zero-order valence-corrected chi connectivity index (χ0v) is 18.8. The monoisotopic (exact) mass is 444 g/mol. The van der Waals surface area contributed by atoms with E-state index in [1.807, 2.05) is 78.5 Å². The molecule has 1 atom stereocenters.